The fraction of sp³-hybridized carbons (Fsp3) is 0.661. The Bertz CT molecular complexity index is 2330. The van der Waals surface area contributed by atoms with E-state index in [0.29, 0.717) is 69.6 Å². The highest BCUT2D eigenvalue weighted by Gasteiger charge is 2.32. The largest absolute Gasteiger partial charge is 0.465 e. The van der Waals surface area contributed by atoms with Crippen LogP contribution in [-0.2, 0) is 56.1 Å². The quantitative estimate of drug-likeness (QED) is 0.0282. The number of urea groups is 1. The minimum atomic E-state index is -1.04. The van der Waals surface area contributed by atoms with E-state index in [1.807, 2.05) is 51.2 Å². The van der Waals surface area contributed by atoms with Crippen molar-refractivity contribution in [2.75, 3.05) is 6.61 Å². The lowest BCUT2D eigenvalue weighted by atomic mass is 9.84. The summed E-state index contributed by atoms with van der Waals surface area (Å²) in [6.07, 6.45) is 17.6. The summed E-state index contributed by atoms with van der Waals surface area (Å²) in [5, 5.41) is 17.2. The van der Waals surface area contributed by atoms with Gasteiger partial charge in [-0.3, -0.25) is 28.7 Å². The van der Waals surface area contributed by atoms with Crippen LogP contribution in [0.5, 0.6) is 0 Å². The Balaban J connectivity index is 0.954. The Hall–Kier alpha value is -5.93. The number of aryl methyl sites for hydroxylation is 1. The molecule has 3 N–H and O–H groups in total. The molecule has 4 rings (SSSR count). The van der Waals surface area contributed by atoms with Gasteiger partial charge in [0.05, 0.1) is 12.7 Å². The summed E-state index contributed by atoms with van der Waals surface area (Å²) in [5.41, 5.74) is 3.79. The summed E-state index contributed by atoms with van der Waals surface area (Å²) in [6.45, 7) is 17.9. The van der Waals surface area contributed by atoms with E-state index in [1.54, 1.807) is 46.2 Å². The summed E-state index contributed by atoms with van der Waals surface area (Å²) in [6, 6.07) is 14.9. The maximum Gasteiger partial charge on any atom is 0.329 e. The molecule has 3 amide bonds. The normalized spacial score (nSPS) is 13.2. The van der Waals surface area contributed by atoms with Gasteiger partial charge in [-0.2, -0.15) is 0 Å². The van der Waals surface area contributed by atoms with Gasteiger partial charge in [-0.05, 0) is 133 Å². The second kappa shape index (κ2) is 32.8. The first kappa shape index (κ1) is 64.6. The summed E-state index contributed by atoms with van der Waals surface area (Å²) in [4.78, 5) is 88.7. The van der Waals surface area contributed by atoms with Crippen LogP contribution in [0.3, 0.4) is 0 Å². The molecule has 78 heavy (non-hydrogen) atoms. The zero-order chi connectivity index (χ0) is 57.1. The Labute approximate surface area is 465 Å². The van der Waals surface area contributed by atoms with Crippen molar-refractivity contribution >= 4 is 41.4 Å². The van der Waals surface area contributed by atoms with Crippen molar-refractivity contribution in [3.05, 3.63) is 71.5 Å². The van der Waals surface area contributed by atoms with E-state index in [4.69, 9.17) is 14.2 Å². The molecule has 1 aromatic heterocycles. The summed E-state index contributed by atoms with van der Waals surface area (Å²) < 4.78 is 18.4. The van der Waals surface area contributed by atoms with Crippen LogP contribution >= 0.6 is 0 Å². The van der Waals surface area contributed by atoms with Crippen LogP contribution in [0, 0.1) is 5.41 Å². The number of carbonyl (C=O) groups excluding carboxylic acids is 7. The molecule has 2 atom stereocenters. The molecule has 1 aliphatic carbocycles. The highest BCUT2D eigenvalue weighted by Crippen LogP contribution is 2.44. The number of Topliss-reactive ketones (excluding diaryl/α,β-unsaturated/α-hetero) is 2. The van der Waals surface area contributed by atoms with Gasteiger partial charge in [0.15, 0.2) is 0 Å². The third kappa shape index (κ3) is 25.7. The van der Waals surface area contributed by atoms with Gasteiger partial charge in [0.25, 0.3) is 0 Å². The van der Waals surface area contributed by atoms with Gasteiger partial charge < -0.3 is 30.2 Å². The number of fused-ring (bicyclic) bond motifs is 3. The van der Waals surface area contributed by atoms with Gasteiger partial charge in [0.2, 0.25) is 5.91 Å². The molecule has 16 nitrogen and oxygen atoms in total. The van der Waals surface area contributed by atoms with Crippen LogP contribution < -0.4 is 16.0 Å². The first-order chi connectivity index (χ1) is 37.0. The van der Waals surface area contributed by atoms with E-state index in [0.717, 1.165) is 89.9 Å². The van der Waals surface area contributed by atoms with Gasteiger partial charge in [-0.25, -0.2) is 9.59 Å². The average molecular weight is 1080 g/mol. The molecule has 0 spiro atoms. The predicted molar refractivity (Wildman–Crippen MR) is 303 cm³/mol. The minimum absolute atomic E-state index is 0.0330. The molecule has 0 aliphatic heterocycles. The second-order valence-corrected chi connectivity index (χ2v) is 24.2. The Morgan fingerprint density at radius 1 is 0.564 bits per heavy atom. The molecule has 0 saturated heterocycles. The van der Waals surface area contributed by atoms with E-state index in [2.05, 4.69) is 50.5 Å². The number of aromatic nitrogens is 3. The lowest BCUT2D eigenvalue weighted by Gasteiger charge is -2.32. The Morgan fingerprint density at radius 2 is 1.08 bits per heavy atom. The van der Waals surface area contributed by atoms with Crippen molar-refractivity contribution in [2.45, 2.75) is 252 Å². The van der Waals surface area contributed by atoms with Crippen molar-refractivity contribution in [3.63, 3.8) is 0 Å². The maximum absolute atomic E-state index is 13.3. The van der Waals surface area contributed by atoms with Crippen molar-refractivity contribution in [3.8, 4) is 11.1 Å². The monoisotopic (exact) mass is 1080 g/mol. The Morgan fingerprint density at radius 3 is 1.60 bits per heavy atom. The van der Waals surface area contributed by atoms with E-state index in [9.17, 15) is 33.6 Å². The standard InChI is InChI=1S/C62H94N6O10/c1-60(2,3)54(65-59(75)64-53(58(74)78-62(7,8)9)39-40-57(73)77-61(4,5)6)36-26-27-41-68-43-45(66-67-68)42-63-55(71)37-20-14-12-18-30-46(69)28-16-10-11-17-29-47(70)31-19-13-15-21-38-56(72)76-44-52-50-34-24-22-32-48(50)49-33-23-25-35-51(49)52/h22-25,32-35,43,52-54H,10-21,26-31,36-42,44H2,1-9H3,(H,63,71)(H2,64,65,75)/t53-,54-/m0/s1. The van der Waals surface area contributed by atoms with Gasteiger partial charge in [-0.1, -0.05) is 113 Å². The fourth-order valence-corrected chi connectivity index (χ4v) is 9.63. The summed E-state index contributed by atoms with van der Waals surface area (Å²) in [5.74, 6) is -0.654. The van der Waals surface area contributed by atoms with Gasteiger partial charge in [0, 0.05) is 63.5 Å². The molecule has 0 unspecified atom stereocenters. The molecule has 0 saturated carbocycles. The lowest BCUT2D eigenvalue weighted by Crippen LogP contribution is -2.53. The number of hydrogen-bond donors (Lipinski definition) is 3. The fourth-order valence-electron chi connectivity index (χ4n) is 9.63. The highest BCUT2D eigenvalue weighted by atomic mass is 16.6. The zero-order valence-electron chi connectivity index (χ0n) is 48.7. The minimum Gasteiger partial charge on any atom is -0.465 e. The van der Waals surface area contributed by atoms with E-state index >= 15 is 0 Å². The lowest BCUT2D eigenvalue weighted by molar-refractivity contribution is -0.158. The average Bonchev–Trinajstić information content (AvgIpc) is 4.04. The summed E-state index contributed by atoms with van der Waals surface area (Å²) in [7, 11) is 0. The van der Waals surface area contributed by atoms with Crippen LogP contribution in [0.25, 0.3) is 11.1 Å². The third-order valence-corrected chi connectivity index (χ3v) is 13.8. The smallest absolute Gasteiger partial charge is 0.329 e. The number of esters is 3. The number of nitrogens with one attached hydrogen (secondary N) is 3. The van der Waals surface area contributed by atoms with Crippen molar-refractivity contribution in [2.24, 2.45) is 5.41 Å². The second-order valence-electron chi connectivity index (χ2n) is 24.2. The van der Waals surface area contributed by atoms with E-state index < -0.39 is 35.2 Å². The van der Waals surface area contributed by atoms with E-state index in [-0.39, 0.29) is 54.4 Å². The van der Waals surface area contributed by atoms with Crippen molar-refractivity contribution < 1.29 is 47.8 Å². The molecule has 16 heteroatoms. The first-order valence-electron chi connectivity index (χ1n) is 29.0. The van der Waals surface area contributed by atoms with Crippen LogP contribution in [0.1, 0.15) is 233 Å². The van der Waals surface area contributed by atoms with Gasteiger partial charge >= 0.3 is 23.9 Å². The zero-order valence-corrected chi connectivity index (χ0v) is 48.7. The number of nitrogens with zero attached hydrogens (tertiary/aromatic N) is 3. The molecule has 2 aromatic carbocycles. The molecule has 0 bridgehead atoms. The molecule has 432 valence electrons. The SMILES string of the molecule is CC(C)(C)OC(=O)CC[C@H](NC(=O)N[C@@H](CCCCn1cc(CNC(=O)CCCCCCC(=O)CCCCCCC(=O)CCCCCCC(=O)OCC2c3ccccc3-c3ccccc32)nn1)C(C)(C)C)C(=O)OC(C)(C)C. The van der Waals surface area contributed by atoms with Crippen molar-refractivity contribution in [1.82, 2.24) is 30.9 Å². The maximum atomic E-state index is 13.3. The molecule has 3 aromatic rings. The van der Waals surface area contributed by atoms with Crippen LogP contribution in [0.15, 0.2) is 54.7 Å². The molecular weight excluding hydrogens is 989 g/mol. The number of carbonyl (C=O) groups is 7. The number of ketones is 2. The molecule has 1 aliphatic rings. The first-order valence-corrected chi connectivity index (χ1v) is 29.0. The highest BCUT2D eigenvalue weighted by molar-refractivity contribution is 5.85. The van der Waals surface area contributed by atoms with E-state index in [1.165, 1.54) is 22.3 Å². The predicted octanol–water partition coefficient (Wildman–Crippen LogP) is 12.1. The number of amides is 3. The van der Waals surface area contributed by atoms with Crippen molar-refractivity contribution in [1.29, 1.82) is 0 Å². The van der Waals surface area contributed by atoms with Gasteiger partial charge in [-0.15, -0.1) is 5.10 Å². The molecular formula is C62H94N6O10. The topological polar surface area (TPSA) is 214 Å². The number of rotatable bonds is 36. The van der Waals surface area contributed by atoms with Crippen LogP contribution in [0.4, 0.5) is 4.79 Å². The number of hydrogen-bond acceptors (Lipinski definition) is 12. The molecule has 0 fully saturated rings. The van der Waals surface area contributed by atoms with Gasteiger partial charge in [0.1, 0.15) is 41.1 Å². The number of ether oxygens (including phenoxy) is 3. The molecule has 1 heterocycles. The number of unbranched alkanes of at least 4 members (excludes halogenated alkanes) is 10. The summed E-state index contributed by atoms with van der Waals surface area (Å²) >= 11 is 0. The van der Waals surface area contributed by atoms with Crippen LogP contribution in [-0.4, -0.2) is 86.3 Å². The Kier molecular flexibility index (Phi) is 27.2. The van der Waals surface area contributed by atoms with Crippen LogP contribution in [0.2, 0.25) is 0 Å². The molecule has 0 radical (unpaired) electrons. The number of benzene rings is 2. The third-order valence-electron chi connectivity index (χ3n) is 13.8.